The fourth-order valence-corrected chi connectivity index (χ4v) is 2.68. The van der Waals surface area contributed by atoms with Crippen LogP contribution in [0.15, 0.2) is 27.6 Å². The van der Waals surface area contributed by atoms with Crippen molar-refractivity contribution < 1.29 is 13.5 Å². The maximum atomic E-state index is 11.8. The smallest absolute Gasteiger partial charge is 0.242 e. The van der Waals surface area contributed by atoms with Gasteiger partial charge in [-0.2, -0.15) is 0 Å². The standard InChI is InChI=1S/C9H13BrN2O3S/c1-6(13)5-12-16(14,15)9-3-2-7(10)4-8(9)11/h2-4,6,12-13H,5,11H2,1H3/t6-/m0/s1. The number of aliphatic hydroxyl groups excluding tert-OH is 1. The fourth-order valence-electron chi connectivity index (χ4n) is 1.07. The fraction of sp³-hybridized carbons (Fsp3) is 0.333. The van der Waals surface area contributed by atoms with Crippen LogP contribution in [-0.2, 0) is 10.0 Å². The van der Waals surface area contributed by atoms with Gasteiger partial charge in [-0.1, -0.05) is 15.9 Å². The summed E-state index contributed by atoms with van der Waals surface area (Å²) >= 11 is 3.19. The van der Waals surface area contributed by atoms with E-state index >= 15 is 0 Å². The highest BCUT2D eigenvalue weighted by molar-refractivity contribution is 9.10. The third kappa shape index (κ3) is 3.44. The van der Waals surface area contributed by atoms with E-state index in [4.69, 9.17) is 10.8 Å². The second-order valence-corrected chi connectivity index (χ2v) is 6.03. The number of sulfonamides is 1. The van der Waals surface area contributed by atoms with Gasteiger partial charge >= 0.3 is 0 Å². The second-order valence-electron chi connectivity index (χ2n) is 3.38. The Morgan fingerprint density at radius 3 is 2.69 bits per heavy atom. The van der Waals surface area contributed by atoms with Gasteiger partial charge in [-0.25, -0.2) is 13.1 Å². The number of nitrogens with one attached hydrogen (secondary N) is 1. The predicted octanol–water partition coefficient (Wildman–Crippen LogP) is 0.690. The zero-order valence-electron chi connectivity index (χ0n) is 8.64. The number of hydrogen-bond acceptors (Lipinski definition) is 4. The summed E-state index contributed by atoms with van der Waals surface area (Å²) < 4.78 is 26.5. The van der Waals surface area contributed by atoms with Gasteiger partial charge in [-0.3, -0.25) is 0 Å². The Morgan fingerprint density at radius 1 is 1.56 bits per heavy atom. The molecule has 4 N–H and O–H groups in total. The minimum Gasteiger partial charge on any atom is -0.398 e. The van der Waals surface area contributed by atoms with E-state index in [1.54, 1.807) is 6.07 Å². The largest absolute Gasteiger partial charge is 0.398 e. The summed E-state index contributed by atoms with van der Waals surface area (Å²) in [6.45, 7) is 1.45. The maximum absolute atomic E-state index is 11.8. The molecule has 0 amide bonds. The highest BCUT2D eigenvalue weighted by Gasteiger charge is 2.17. The topological polar surface area (TPSA) is 92.4 Å². The van der Waals surface area contributed by atoms with E-state index in [9.17, 15) is 8.42 Å². The first-order chi connectivity index (χ1) is 7.33. The van der Waals surface area contributed by atoms with Crippen molar-refractivity contribution in [3.63, 3.8) is 0 Å². The van der Waals surface area contributed by atoms with Crippen LogP contribution in [0.1, 0.15) is 6.92 Å². The molecule has 0 fully saturated rings. The van der Waals surface area contributed by atoms with Gasteiger partial charge in [0.05, 0.1) is 11.8 Å². The van der Waals surface area contributed by atoms with Crippen molar-refractivity contribution in [3.05, 3.63) is 22.7 Å². The summed E-state index contributed by atoms with van der Waals surface area (Å²) in [6, 6.07) is 4.51. The van der Waals surface area contributed by atoms with Crippen molar-refractivity contribution in [1.82, 2.24) is 4.72 Å². The van der Waals surface area contributed by atoms with E-state index in [0.29, 0.717) is 4.47 Å². The molecular formula is C9H13BrN2O3S. The molecule has 0 bridgehead atoms. The first-order valence-electron chi connectivity index (χ1n) is 4.55. The average Bonchev–Trinajstić information content (AvgIpc) is 2.14. The molecule has 0 unspecified atom stereocenters. The SMILES string of the molecule is C[C@H](O)CNS(=O)(=O)c1ccc(Br)cc1N. The average molecular weight is 309 g/mol. The number of hydrogen-bond donors (Lipinski definition) is 3. The van der Waals surface area contributed by atoms with Gasteiger partial charge in [0, 0.05) is 11.0 Å². The molecule has 1 aromatic rings. The Labute approximate surface area is 103 Å². The van der Waals surface area contributed by atoms with Crippen molar-refractivity contribution in [2.45, 2.75) is 17.9 Å². The van der Waals surface area contributed by atoms with Crippen molar-refractivity contribution >= 4 is 31.6 Å². The van der Waals surface area contributed by atoms with Gasteiger partial charge in [0.15, 0.2) is 0 Å². The lowest BCUT2D eigenvalue weighted by atomic mass is 10.3. The summed E-state index contributed by atoms with van der Waals surface area (Å²) in [7, 11) is -3.66. The molecule has 0 aliphatic rings. The summed E-state index contributed by atoms with van der Waals surface area (Å²) in [5.41, 5.74) is 5.76. The number of rotatable bonds is 4. The molecule has 0 spiro atoms. The van der Waals surface area contributed by atoms with Gasteiger partial charge in [0.1, 0.15) is 4.90 Å². The highest BCUT2D eigenvalue weighted by atomic mass is 79.9. The van der Waals surface area contributed by atoms with E-state index in [1.165, 1.54) is 19.1 Å². The molecular weight excluding hydrogens is 296 g/mol. The van der Waals surface area contributed by atoms with E-state index < -0.39 is 16.1 Å². The van der Waals surface area contributed by atoms with Crippen molar-refractivity contribution in [1.29, 1.82) is 0 Å². The van der Waals surface area contributed by atoms with Crippen molar-refractivity contribution in [2.75, 3.05) is 12.3 Å². The second kappa shape index (κ2) is 5.13. The minimum atomic E-state index is -3.66. The normalized spacial score (nSPS) is 13.7. The van der Waals surface area contributed by atoms with Crippen molar-refractivity contribution in [3.8, 4) is 0 Å². The summed E-state index contributed by atoms with van der Waals surface area (Å²) in [4.78, 5) is 0.0105. The van der Waals surface area contributed by atoms with E-state index in [0.717, 1.165) is 0 Å². The monoisotopic (exact) mass is 308 g/mol. The number of nitrogens with two attached hydrogens (primary N) is 1. The van der Waals surface area contributed by atoms with Gasteiger partial charge in [0.2, 0.25) is 10.0 Å². The van der Waals surface area contributed by atoms with Crippen LogP contribution in [0.2, 0.25) is 0 Å². The van der Waals surface area contributed by atoms with Crippen LogP contribution >= 0.6 is 15.9 Å². The quantitative estimate of drug-likeness (QED) is 0.714. The number of nitrogen functional groups attached to an aromatic ring is 1. The molecule has 5 nitrogen and oxygen atoms in total. The molecule has 1 rings (SSSR count). The van der Waals surface area contributed by atoms with Crippen LogP contribution in [-0.4, -0.2) is 26.2 Å². The van der Waals surface area contributed by atoms with Crippen LogP contribution in [0.5, 0.6) is 0 Å². The molecule has 0 aromatic heterocycles. The number of halogens is 1. The van der Waals surface area contributed by atoms with Gasteiger partial charge in [0.25, 0.3) is 0 Å². The van der Waals surface area contributed by atoms with E-state index in [1.807, 2.05) is 0 Å². The third-order valence-corrected chi connectivity index (χ3v) is 3.82. The van der Waals surface area contributed by atoms with Crippen LogP contribution in [0.25, 0.3) is 0 Å². The van der Waals surface area contributed by atoms with Crippen molar-refractivity contribution in [2.24, 2.45) is 0 Å². The Balaban J connectivity index is 2.99. The molecule has 0 heterocycles. The van der Waals surface area contributed by atoms with E-state index in [-0.39, 0.29) is 17.1 Å². The van der Waals surface area contributed by atoms with Gasteiger partial charge in [-0.05, 0) is 25.1 Å². The summed E-state index contributed by atoms with van der Waals surface area (Å²) in [5.74, 6) is 0. The summed E-state index contributed by atoms with van der Waals surface area (Å²) in [5, 5.41) is 9.01. The third-order valence-electron chi connectivity index (χ3n) is 1.83. The molecule has 16 heavy (non-hydrogen) atoms. The Morgan fingerprint density at radius 2 is 2.19 bits per heavy atom. The molecule has 1 aromatic carbocycles. The lowest BCUT2D eigenvalue weighted by Crippen LogP contribution is -2.31. The minimum absolute atomic E-state index is 0.0105. The molecule has 0 aliphatic carbocycles. The summed E-state index contributed by atoms with van der Waals surface area (Å²) in [6.07, 6.45) is -0.744. The maximum Gasteiger partial charge on any atom is 0.242 e. The highest BCUT2D eigenvalue weighted by Crippen LogP contribution is 2.22. The molecule has 0 aliphatic heterocycles. The Bertz CT molecular complexity index is 474. The first-order valence-corrected chi connectivity index (χ1v) is 6.83. The lowest BCUT2D eigenvalue weighted by Gasteiger charge is -2.10. The Hall–Kier alpha value is -0.630. The van der Waals surface area contributed by atoms with Crippen LogP contribution in [0.3, 0.4) is 0 Å². The molecule has 0 saturated carbocycles. The zero-order chi connectivity index (χ0) is 12.3. The van der Waals surface area contributed by atoms with Gasteiger partial charge in [-0.15, -0.1) is 0 Å². The number of aliphatic hydroxyl groups is 1. The molecule has 90 valence electrons. The zero-order valence-corrected chi connectivity index (χ0v) is 11.0. The van der Waals surface area contributed by atoms with Crippen LogP contribution in [0.4, 0.5) is 5.69 Å². The van der Waals surface area contributed by atoms with Crippen LogP contribution < -0.4 is 10.5 Å². The lowest BCUT2D eigenvalue weighted by molar-refractivity contribution is 0.198. The number of benzene rings is 1. The molecule has 0 saturated heterocycles. The predicted molar refractivity (Wildman–Crippen MR) is 65.4 cm³/mol. The van der Waals surface area contributed by atoms with Crippen LogP contribution in [0, 0.1) is 0 Å². The first kappa shape index (κ1) is 13.4. The van der Waals surface area contributed by atoms with Gasteiger partial charge < -0.3 is 10.8 Å². The Kier molecular flexibility index (Phi) is 4.31. The molecule has 1 atom stereocenters. The number of anilines is 1. The van der Waals surface area contributed by atoms with E-state index in [2.05, 4.69) is 20.7 Å². The molecule has 0 radical (unpaired) electrons. The molecule has 7 heteroatoms.